The number of nitrogens with one attached hydrogen (secondary N) is 1. The Kier molecular flexibility index (Phi) is 4.05. The summed E-state index contributed by atoms with van der Waals surface area (Å²) < 4.78 is 0. The van der Waals surface area contributed by atoms with E-state index in [9.17, 15) is 14.9 Å². The Bertz CT molecular complexity index is 641. The fraction of sp³-hybridized carbons (Fsp3) is 0.143. The van der Waals surface area contributed by atoms with Crippen molar-refractivity contribution >= 4 is 17.3 Å². The summed E-state index contributed by atoms with van der Waals surface area (Å²) in [5.74, 6) is -0.328. The summed E-state index contributed by atoms with van der Waals surface area (Å²) in [7, 11) is 0. The number of nitro groups is 1. The van der Waals surface area contributed by atoms with Crippen LogP contribution in [0.4, 0.5) is 11.4 Å². The number of benzene rings is 1. The molecule has 1 aromatic heterocycles. The van der Waals surface area contributed by atoms with Gasteiger partial charge >= 0.3 is 0 Å². The molecule has 0 atom stereocenters. The lowest BCUT2D eigenvalue weighted by Gasteiger charge is -2.06. The van der Waals surface area contributed by atoms with Gasteiger partial charge in [0.05, 0.1) is 4.92 Å². The molecule has 0 aliphatic carbocycles. The van der Waals surface area contributed by atoms with Crippen LogP contribution in [0.2, 0.25) is 0 Å². The summed E-state index contributed by atoms with van der Waals surface area (Å²) in [5, 5.41) is 13.6. The van der Waals surface area contributed by atoms with E-state index in [2.05, 4.69) is 10.3 Å². The smallest absolute Gasteiger partial charge is 0.274 e. The summed E-state index contributed by atoms with van der Waals surface area (Å²) in [6.45, 7) is 1.84. The van der Waals surface area contributed by atoms with E-state index < -0.39 is 4.92 Å². The van der Waals surface area contributed by atoms with Crippen molar-refractivity contribution in [2.75, 3.05) is 5.32 Å². The predicted octanol–water partition coefficient (Wildman–Crippen LogP) is 2.80. The lowest BCUT2D eigenvalue weighted by Crippen LogP contribution is -2.12. The summed E-state index contributed by atoms with van der Waals surface area (Å²) in [4.78, 5) is 26.3. The van der Waals surface area contributed by atoms with Gasteiger partial charge < -0.3 is 5.32 Å². The van der Waals surface area contributed by atoms with E-state index in [1.54, 1.807) is 24.3 Å². The summed E-state index contributed by atoms with van der Waals surface area (Å²) in [5.41, 5.74) is 1.50. The first kappa shape index (κ1) is 13.7. The number of hydrogen-bond acceptors (Lipinski definition) is 4. The molecule has 0 saturated carbocycles. The van der Waals surface area contributed by atoms with E-state index in [1.807, 2.05) is 6.92 Å². The summed E-state index contributed by atoms with van der Waals surface area (Å²) >= 11 is 0. The highest BCUT2D eigenvalue weighted by Crippen LogP contribution is 2.24. The second-order valence-corrected chi connectivity index (χ2v) is 4.14. The van der Waals surface area contributed by atoms with Crippen LogP contribution in [-0.2, 0) is 6.42 Å². The van der Waals surface area contributed by atoms with Gasteiger partial charge in [-0.2, -0.15) is 0 Å². The van der Waals surface area contributed by atoms with Crippen molar-refractivity contribution in [3.8, 4) is 0 Å². The first-order chi connectivity index (χ1) is 9.61. The van der Waals surface area contributed by atoms with E-state index in [0.29, 0.717) is 23.2 Å². The zero-order valence-corrected chi connectivity index (χ0v) is 10.9. The van der Waals surface area contributed by atoms with Gasteiger partial charge in [-0.25, -0.2) is 0 Å². The van der Waals surface area contributed by atoms with Gasteiger partial charge in [0, 0.05) is 35.3 Å². The number of carbonyl (C=O) groups excluding carboxylic acids is 1. The molecule has 1 N–H and O–H groups in total. The number of amides is 1. The average molecular weight is 271 g/mol. The predicted molar refractivity (Wildman–Crippen MR) is 74.7 cm³/mol. The minimum absolute atomic E-state index is 0.0139. The molecule has 2 aromatic rings. The molecule has 0 unspecified atom stereocenters. The normalized spacial score (nSPS) is 10.1. The topological polar surface area (TPSA) is 85.1 Å². The van der Waals surface area contributed by atoms with Crippen molar-refractivity contribution < 1.29 is 9.72 Å². The first-order valence-corrected chi connectivity index (χ1v) is 6.10. The molecule has 0 aliphatic rings. The van der Waals surface area contributed by atoms with E-state index >= 15 is 0 Å². The lowest BCUT2D eigenvalue weighted by atomic mass is 10.1. The monoisotopic (exact) mass is 271 g/mol. The second kappa shape index (κ2) is 5.92. The standard InChI is InChI=1S/C14H13N3O3/c1-2-10-3-4-12(9-13(10)17(19)20)16-14(18)11-5-7-15-8-6-11/h3-9H,2H2,1H3,(H,16,18). The van der Waals surface area contributed by atoms with Crippen LogP contribution >= 0.6 is 0 Å². The highest BCUT2D eigenvalue weighted by atomic mass is 16.6. The van der Waals surface area contributed by atoms with Gasteiger partial charge in [0.1, 0.15) is 0 Å². The Morgan fingerprint density at radius 3 is 2.60 bits per heavy atom. The van der Waals surface area contributed by atoms with E-state index in [-0.39, 0.29) is 11.6 Å². The third-order valence-electron chi connectivity index (χ3n) is 2.86. The second-order valence-electron chi connectivity index (χ2n) is 4.14. The number of nitro benzene ring substituents is 1. The van der Waals surface area contributed by atoms with Gasteiger partial charge in [0.25, 0.3) is 11.6 Å². The maximum absolute atomic E-state index is 11.9. The van der Waals surface area contributed by atoms with Gasteiger partial charge in [-0.15, -0.1) is 0 Å². The number of hydrogen-bond donors (Lipinski definition) is 1. The maximum atomic E-state index is 11.9. The van der Waals surface area contributed by atoms with Crippen LogP contribution in [0.3, 0.4) is 0 Å². The van der Waals surface area contributed by atoms with Gasteiger partial charge in [-0.3, -0.25) is 19.9 Å². The lowest BCUT2D eigenvalue weighted by molar-refractivity contribution is -0.385. The van der Waals surface area contributed by atoms with Gasteiger partial charge in [-0.1, -0.05) is 13.0 Å². The van der Waals surface area contributed by atoms with Crippen LogP contribution < -0.4 is 5.32 Å². The van der Waals surface area contributed by atoms with E-state index in [1.165, 1.54) is 18.5 Å². The highest BCUT2D eigenvalue weighted by Gasteiger charge is 2.14. The number of carbonyl (C=O) groups is 1. The number of rotatable bonds is 4. The van der Waals surface area contributed by atoms with E-state index in [4.69, 9.17) is 0 Å². The molecule has 6 heteroatoms. The Morgan fingerprint density at radius 2 is 2.00 bits per heavy atom. The van der Waals surface area contributed by atoms with Gasteiger partial charge in [0.15, 0.2) is 0 Å². The molecule has 2 rings (SSSR count). The van der Waals surface area contributed by atoms with Crippen molar-refractivity contribution in [1.82, 2.24) is 4.98 Å². The van der Waals surface area contributed by atoms with Crippen LogP contribution in [0.5, 0.6) is 0 Å². The van der Waals surface area contributed by atoms with Crippen LogP contribution in [0, 0.1) is 10.1 Å². The molecule has 0 fully saturated rings. The maximum Gasteiger partial charge on any atom is 0.274 e. The summed E-state index contributed by atoms with van der Waals surface area (Å²) in [6, 6.07) is 7.83. The molecule has 102 valence electrons. The third kappa shape index (κ3) is 2.97. The zero-order valence-electron chi connectivity index (χ0n) is 10.9. The molecule has 1 aromatic carbocycles. The molecule has 0 aliphatic heterocycles. The van der Waals surface area contributed by atoms with Crippen molar-refractivity contribution in [3.63, 3.8) is 0 Å². The quantitative estimate of drug-likeness (QED) is 0.684. The Morgan fingerprint density at radius 1 is 1.30 bits per heavy atom. The van der Waals surface area contributed by atoms with Crippen molar-refractivity contribution in [3.05, 3.63) is 64.0 Å². The average Bonchev–Trinajstić information content (AvgIpc) is 2.48. The number of aromatic nitrogens is 1. The molecule has 0 saturated heterocycles. The molecular weight excluding hydrogens is 258 g/mol. The van der Waals surface area contributed by atoms with Crippen molar-refractivity contribution in [1.29, 1.82) is 0 Å². The number of anilines is 1. The highest BCUT2D eigenvalue weighted by molar-refractivity contribution is 6.04. The SMILES string of the molecule is CCc1ccc(NC(=O)c2ccncc2)cc1[N+](=O)[O-]. The molecule has 1 heterocycles. The fourth-order valence-corrected chi connectivity index (χ4v) is 1.82. The molecule has 0 spiro atoms. The Balaban J connectivity index is 2.24. The molecule has 6 nitrogen and oxygen atoms in total. The zero-order chi connectivity index (χ0) is 14.5. The van der Waals surface area contributed by atoms with Crippen LogP contribution in [0.15, 0.2) is 42.7 Å². The van der Waals surface area contributed by atoms with Crippen molar-refractivity contribution in [2.45, 2.75) is 13.3 Å². The van der Waals surface area contributed by atoms with Crippen molar-refractivity contribution in [2.24, 2.45) is 0 Å². The van der Waals surface area contributed by atoms with Crippen LogP contribution in [-0.4, -0.2) is 15.8 Å². The van der Waals surface area contributed by atoms with Gasteiger partial charge in [0.2, 0.25) is 0 Å². The molecule has 0 radical (unpaired) electrons. The third-order valence-corrected chi connectivity index (χ3v) is 2.86. The molecule has 0 bridgehead atoms. The van der Waals surface area contributed by atoms with Crippen LogP contribution in [0.1, 0.15) is 22.8 Å². The van der Waals surface area contributed by atoms with Gasteiger partial charge in [-0.05, 0) is 24.6 Å². The Hall–Kier alpha value is -2.76. The van der Waals surface area contributed by atoms with E-state index in [0.717, 1.165) is 0 Å². The van der Waals surface area contributed by atoms with Crippen LogP contribution in [0.25, 0.3) is 0 Å². The minimum Gasteiger partial charge on any atom is -0.322 e. The molecule has 1 amide bonds. The minimum atomic E-state index is -0.444. The summed E-state index contributed by atoms with van der Waals surface area (Å²) in [6.07, 6.45) is 3.59. The first-order valence-electron chi connectivity index (χ1n) is 6.10. The number of pyridine rings is 1. The molecular formula is C14H13N3O3. The number of aryl methyl sites for hydroxylation is 1. The fourth-order valence-electron chi connectivity index (χ4n) is 1.82. The molecule has 20 heavy (non-hydrogen) atoms. The largest absolute Gasteiger partial charge is 0.322 e. The Labute approximate surface area is 115 Å². The number of nitrogens with zero attached hydrogens (tertiary/aromatic N) is 2.